The number of ether oxygens (including phenoxy) is 3. The average molecular weight is 805 g/mol. The van der Waals surface area contributed by atoms with Gasteiger partial charge in [0.25, 0.3) is 0 Å². The van der Waals surface area contributed by atoms with E-state index in [0.717, 1.165) is 83.5 Å². The maximum atomic E-state index is 12.6. The van der Waals surface area contributed by atoms with Gasteiger partial charge in [0.15, 0.2) is 6.10 Å². The fourth-order valence-electron chi connectivity index (χ4n) is 7.45. The zero-order valence-corrected chi connectivity index (χ0v) is 38.4. The van der Waals surface area contributed by atoms with Crippen molar-refractivity contribution in [2.75, 3.05) is 13.2 Å². The van der Waals surface area contributed by atoms with Gasteiger partial charge in [-0.05, 0) is 38.5 Å². The van der Waals surface area contributed by atoms with Crippen molar-refractivity contribution in [3.05, 3.63) is 12.2 Å². The van der Waals surface area contributed by atoms with Gasteiger partial charge in [-0.15, -0.1) is 0 Å². The number of carbonyl (C=O) groups is 3. The second-order valence-corrected chi connectivity index (χ2v) is 17.1. The zero-order valence-electron chi connectivity index (χ0n) is 38.4. The van der Waals surface area contributed by atoms with Crippen LogP contribution in [0.25, 0.3) is 0 Å². The van der Waals surface area contributed by atoms with E-state index in [2.05, 4.69) is 32.9 Å². The van der Waals surface area contributed by atoms with Crippen LogP contribution in [0.15, 0.2) is 12.2 Å². The van der Waals surface area contributed by atoms with E-state index in [0.29, 0.717) is 19.3 Å². The number of rotatable bonds is 46. The van der Waals surface area contributed by atoms with E-state index in [-0.39, 0.29) is 31.1 Å². The van der Waals surface area contributed by atoms with Crippen LogP contribution in [0.5, 0.6) is 0 Å². The Morgan fingerprint density at radius 2 is 0.614 bits per heavy atom. The SMILES string of the molecule is CCC/C=C\CCCCCCCC(=O)OC(COC(=O)CCCCCCC)COC(=O)CCCCCCCCCCCCCCCCCCCCCCCCCC. The predicted octanol–water partition coefficient (Wildman–Crippen LogP) is 16.2. The molecule has 0 aliphatic heterocycles. The Hall–Kier alpha value is -1.85. The van der Waals surface area contributed by atoms with Gasteiger partial charge < -0.3 is 14.2 Å². The minimum atomic E-state index is -0.764. The number of carbonyl (C=O) groups excluding carboxylic acids is 3. The molecule has 0 aromatic rings. The Morgan fingerprint density at radius 3 is 0.947 bits per heavy atom. The van der Waals surface area contributed by atoms with Crippen molar-refractivity contribution < 1.29 is 28.6 Å². The molecule has 0 rings (SSSR count). The third-order valence-corrected chi connectivity index (χ3v) is 11.3. The maximum Gasteiger partial charge on any atom is 0.306 e. The highest BCUT2D eigenvalue weighted by Gasteiger charge is 2.19. The molecule has 0 spiro atoms. The molecule has 0 bridgehead atoms. The van der Waals surface area contributed by atoms with E-state index in [9.17, 15) is 14.4 Å². The molecule has 0 aromatic heterocycles. The third kappa shape index (κ3) is 45.1. The summed E-state index contributed by atoms with van der Waals surface area (Å²) in [4.78, 5) is 37.5. The molecule has 336 valence electrons. The summed E-state index contributed by atoms with van der Waals surface area (Å²) in [6.45, 7) is 6.51. The molecule has 0 aromatic carbocycles. The van der Waals surface area contributed by atoms with Gasteiger partial charge in [0, 0.05) is 19.3 Å². The van der Waals surface area contributed by atoms with Crippen molar-refractivity contribution in [3.63, 3.8) is 0 Å². The van der Waals surface area contributed by atoms with Crippen molar-refractivity contribution in [3.8, 4) is 0 Å². The molecule has 1 unspecified atom stereocenters. The van der Waals surface area contributed by atoms with Crippen LogP contribution in [0, 0.1) is 0 Å². The molecule has 0 amide bonds. The first kappa shape index (κ1) is 55.2. The van der Waals surface area contributed by atoms with Crippen LogP contribution in [0.3, 0.4) is 0 Å². The first-order valence-electron chi connectivity index (χ1n) is 25.2. The van der Waals surface area contributed by atoms with Gasteiger partial charge in [0.1, 0.15) is 13.2 Å². The van der Waals surface area contributed by atoms with Gasteiger partial charge in [0.2, 0.25) is 0 Å². The molecule has 6 heteroatoms. The molecule has 0 fully saturated rings. The summed E-state index contributed by atoms with van der Waals surface area (Å²) in [5.74, 6) is -0.885. The molecular weight excluding hydrogens is 709 g/mol. The van der Waals surface area contributed by atoms with E-state index < -0.39 is 6.10 Å². The molecule has 1 atom stereocenters. The molecule has 57 heavy (non-hydrogen) atoms. The van der Waals surface area contributed by atoms with E-state index in [1.165, 1.54) is 154 Å². The Kier molecular flexibility index (Phi) is 45.3. The van der Waals surface area contributed by atoms with Crippen LogP contribution in [-0.2, 0) is 28.6 Å². The standard InChI is InChI=1S/C51H96O6/c1-4-7-10-13-15-17-19-20-21-22-23-24-25-26-27-28-29-30-31-32-34-35-38-41-44-50(53)56-47-48(46-55-49(52)43-40-37-12-9-6-3)57-51(54)45-42-39-36-33-18-16-14-11-8-5-2/h11,14,48H,4-10,12-13,15-47H2,1-3H3/b14-11-. The molecule has 0 saturated heterocycles. The molecule has 0 aliphatic rings. The Morgan fingerprint density at radius 1 is 0.333 bits per heavy atom. The number of hydrogen-bond donors (Lipinski definition) is 0. The summed E-state index contributed by atoms with van der Waals surface area (Å²) in [5, 5.41) is 0. The van der Waals surface area contributed by atoms with Crippen LogP contribution < -0.4 is 0 Å². The van der Waals surface area contributed by atoms with Crippen LogP contribution >= 0.6 is 0 Å². The van der Waals surface area contributed by atoms with Crippen molar-refractivity contribution >= 4 is 17.9 Å². The fourth-order valence-corrected chi connectivity index (χ4v) is 7.45. The summed E-state index contributed by atoms with van der Waals surface area (Å²) in [7, 11) is 0. The summed E-state index contributed by atoms with van der Waals surface area (Å²) < 4.78 is 16.6. The quantitative estimate of drug-likeness (QED) is 0.0264. The van der Waals surface area contributed by atoms with Gasteiger partial charge in [-0.25, -0.2) is 0 Å². The topological polar surface area (TPSA) is 78.9 Å². The van der Waals surface area contributed by atoms with Crippen molar-refractivity contribution in [2.45, 2.75) is 284 Å². The molecule has 0 radical (unpaired) electrons. The normalized spacial score (nSPS) is 12.0. The molecule has 0 saturated carbocycles. The van der Waals surface area contributed by atoms with E-state index in [1.54, 1.807) is 0 Å². The molecule has 0 aliphatic carbocycles. The Labute approximate surface area is 354 Å². The van der Waals surface area contributed by atoms with Crippen LogP contribution in [0.4, 0.5) is 0 Å². The van der Waals surface area contributed by atoms with E-state index >= 15 is 0 Å². The first-order valence-corrected chi connectivity index (χ1v) is 25.2. The highest BCUT2D eigenvalue weighted by atomic mass is 16.6. The third-order valence-electron chi connectivity index (χ3n) is 11.3. The first-order chi connectivity index (χ1) is 28.0. The minimum Gasteiger partial charge on any atom is -0.462 e. The number of esters is 3. The lowest BCUT2D eigenvalue weighted by Gasteiger charge is -2.18. The highest BCUT2D eigenvalue weighted by molar-refractivity contribution is 5.71. The molecule has 0 N–H and O–H groups in total. The predicted molar refractivity (Wildman–Crippen MR) is 243 cm³/mol. The largest absolute Gasteiger partial charge is 0.462 e. The van der Waals surface area contributed by atoms with Crippen LogP contribution in [0.1, 0.15) is 278 Å². The lowest BCUT2D eigenvalue weighted by Crippen LogP contribution is -2.30. The second kappa shape index (κ2) is 46.8. The van der Waals surface area contributed by atoms with Crippen LogP contribution in [0.2, 0.25) is 0 Å². The number of hydrogen-bond acceptors (Lipinski definition) is 6. The van der Waals surface area contributed by atoms with Gasteiger partial charge >= 0.3 is 17.9 Å². The summed E-state index contributed by atoms with van der Waals surface area (Å²) in [5.41, 5.74) is 0. The Balaban J connectivity index is 3.96. The van der Waals surface area contributed by atoms with Gasteiger partial charge in [-0.3, -0.25) is 14.4 Å². The van der Waals surface area contributed by atoms with Gasteiger partial charge in [0.05, 0.1) is 0 Å². The monoisotopic (exact) mass is 805 g/mol. The van der Waals surface area contributed by atoms with Crippen molar-refractivity contribution in [1.29, 1.82) is 0 Å². The number of allylic oxidation sites excluding steroid dienone is 2. The lowest BCUT2D eigenvalue weighted by atomic mass is 10.0. The molecular formula is C51H96O6. The summed E-state index contributed by atoms with van der Waals surface area (Å²) in [6, 6.07) is 0. The molecule has 0 heterocycles. The number of unbranched alkanes of at least 4 members (excludes halogenated alkanes) is 33. The van der Waals surface area contributed by atoms with E-state index in [1.807, 2.05) is 0 Å². The minimum absolute atomic E-state index is 0.0701. The van der Waals surface area contributed by atoms with Crippen molar-refractivity contribution in [1.82, 2.24) is 0 Å². The Bertz CT molecular complexity index is 885. The smallest absolute Gasteiger partial charge is 0.306 e. The second-order valence-electron chi connectivity index (χ2n) is 17.1. The lowest BCUT2D eigenvalue weighted by molar-refractivity contribution is -0.167. The molecule has 6 nitrogen and oxygen atoms in total. The van der Waals surface area contributed by atoms with E-state index in [4.69, 9.17) is 14.2 Å². The van der Waals surface area contributed by atoms with Gasteiger partial charge in [-0.2, -0.15) is 0 Å². The average Bonchev–Trinajstić information content (AvgIpc) is 3.21. The van der Waals surface area contributed by atoms with Crippen LogP contribution in [-0.4, -0.2) is 37.2 Å². The highest BCUT2D eigenvalue weighted by Crippen LogP contribution is 2.17. The zero-order chi connectivity index (χ0) is 41.5. The maximum absolute atomic E-state index is 12.6. The summed E-state index contributed by atoms with van der Waals surface area (Å²) >= 11 is 0. The fraction of sp³-hybridized carbons (Fsp3) is 0.902. The van der Waals surface area contributed by atoms with Crippen molar-refractivity contribution in [2.24, 2.45) is 0 Å². The summed E-state index contributed by atoms with van der Waals surface area (Å²) in [6.07, 6.45) is 51.1. The van der Waals surface area contributed by atoms with Gasteiger partial charge in [-0.1, -0.05) is 232 Å².